The van der Waals surface area contributed by atoms with Crippen molar-refractivity contribution in [3.63, 3.8) is 0 Å². The number of nitrogens with one attached hydrogen (secondary N) is 3. The zero-order valence-electron chi connectivity index (χ0n) is 11.3. The second-order valence-corrected chi connectivity index (χ2v) is 6.84. The fourth-order valence-corrected chi connectivity index (χ4v) is 3.45. The number of benzene rings is 1. The van der Waals surface area contributed by atoms with Gasteiger partial charge in [-0.3, -0.25) is 4.72 Å². The molecule has 0 atom stereocenters. The summed E-state index contributed by atoms with van der Waals surface area (Å²) in [4.78, 5) is 3.04. The molecule has 114 valence electrons. The van der Waals surface area contributed by atoms with Gasteiger partial charge in [0.2, 0.25) is 0 Å². The van der Waals surface area contributed by atoms with Crippen LogP contribution in [-0.2, 0) is 16.6 Å². The molecule has 0 aliphatic heterocycles. The fraction of sp³-hybridized carbons (Fsp3) is 0.231. The van der Waals surface area contributed by atoms with Crippen LogP contribution in [0.2, 0.25) is 10.0 Å². The molecule has 1 aromatic carbocycles. The molecule has 1 aromatic heterocycles. The largest absolute Gasteiger partial charge is 0.363 e. The topological polar surface area (TPSA) is 74.0 Å². The highest BCUT2D eigenvalue weighted by molar-refractivity contribution is 7.92. The van der Waals surface area contributed by atoms with Crippen LogP contribution in [0.1, 0.15) is 12.6 Å². The van der Waals surface area contributed by atoms with E-state index in [4.69, 9.17) is 23.2 Å². The molecule has 8 heteroatoms. The third-order valence-corrected chi connectivity index (χ3v) is 4.75. The number of H-pyrrole nitrogens is 1. The van der Waals surface area contributed by atoms with Crippen LogP contribution in [0.15, 0.2) is 35.4 Å². The number of aromatic amines is 1. The molecule has 2 aromatic rings. The van der Waals surface area contributed by atoms with E-state index in [9.17, 15) is 8.42 Å². The third-order valence-electron chi connectivity index (χ3n) is 2.79. The summed E-state index contributed by atoms with van der Waals surface area (Å²) < 4.78 is 27.1. The minimum Gasteiger partial charge on any atom is -0.363 e. The first kappa shape index (κ1) is 16.2. The van der Waals surface area contributed by atoms with E-state index < -0.39 is 10.0 Å². The molecular weight excluding hydrogens is 333 g/mol. The van der Waals surface area contributed by atoms with Crippen LogP contribution < -0.4 is 10.0 Å². The highest BCUT2D eigenvalue weighted by Crippen LogP contribution is 2.31. The maximum atomic E-state index is 12.3. The maximum absolute atomic E-state index is 12.3. The third kappa shape index (κ3) is 3.91. The summed E-state index contributed by atoms with van der Waals surface area (Å²) >= 11 is 11.9. The van der Waals surface area contributed by atoms with Crippen molar-refractivity contribution in [1.82, 2.24) is 10.3 Å². The van der Waals surface area contributed by atoms with E-state index in [1.54, 1.807) is 24.3 Å². The second-order valence-electron chi connectivity index (χ2n) is 4.34. The lowest BCUT2D eigenvalue weighted by atomic mass is 10.3. The molecular formula is C13H15Cl2N3O2S. The molecule has 2 rings (SSSR count). The Morgan fingerprint density at radius 1 is 1.24 bits per heavy atom. The molecule has 5 nitrogen and oxygen atoms in total. The first-order valence-electron chi connectivity index (χ1n) is 6.29. The number of halogens is 2. The van der Waals surface area contributed by atoms with Crippen LogP contribution in [0.3, 0.4) is 0 Å². The van der Waals surface area contributed by atoms with Gasteiger partial charge in [-0.15, -0.1) is 0 Å². The lowest BCUT2D eigenvalue weighted by molar-refractivity contribution is 0.601. The number of sulfonamides is 1. The molecule has 0 amide bonds. The molecule has 0 fully saturated rings. The Bertz CT molecular complexity index is 709. The van der Waals surface area contributed by atoms with Crippen LogP contribution in [0.4, 0.5) is 5.69 Å². The van der Waals surface area contributed by atoms with E-state index in [1.165, 1.54) is 6.20 Å². The minimum atomic E-state index is -3.74. The smallest absolute Gasteiger partial charge is 0.263 e. The van der Waals surface area contributed by atoms with Gasteiger partial charge in [0.25, 0.3) is 10.0 Å². The summed E-state index contributed by atoms with van der Waals surface area (Å²) in [5, 5.41) is 3.60. The van der Waals surface area contributed by atoms with Gasteiger partial charge in [-0.1, -0.05) is 36.2 Å². The second kappa shape index (κ2) is 6.70. The van der Waals surface area contributed by atoms with Crippen molar-refractivity contribution in [2.24, 2.45) is 0 Å². The first-order chi connectivity index (χ1) is 9.94. The number of para-hydroxylation sites is 1. The van der Waals surface area contributed by atoms with Gasteiger partial charge in [0.15, 0.2) is 0 Å². The van der Waals surface area contributed by atoms with Crippen molar-refractivity contribution >= 4 is 38.9 Å². The van der Waals surface area contributed by atoms with Crippen LogP contribution >= 0.6 is 23.2 Å². The van der Waals surface area contributed by atoms with E-state index in [1.807, 2.05) is 6.92 Å². The summed E-state index contributed by atoms with van der Waals surface area (Å²) in [7, 11) is -3.74. The Hall–Kier alpha value is -1.21. The monoisotopic (exact) mass is 347 g/mol. The lowest BCUT2D eigenvalue weighted by Gasteiger charge is -2.09. The van der Waals surface area contributed by atoms with Gasteiger partial charge >= 0.3 is 0 Å². The maximum Gasteiger partial charge on any atom is 0.263 e. The van der Waals surface area contributed by atoms with E-state index in [-0.39, 0.29) is 20.6 Å². The quantitative estimate of drug-likeness (QED) is 0.750. The molecule has 0 saturated carbocycles. The molecule has 21 heavy (non-hydrogen) atoms. The fourth-order valence-electron chi connectivity index (χ4n) is 1.72. The van der Waals surface area contributed by atoms with Crippen molar-refractivity contribution in [2.45, 2.75) is 18.4 Å². The van der Waals surface area contributed by atoms with Crippen molar-refractivity contribution < 1.29 is 8.42 Å². The number of hydrogen-bond donors (Lipinski definition) is 3. The van der Waals surface area contributed by atoms with Crippen LogP contribution in [0, 0.1) is 0 Å². The predicted octanol–water partition coefficient (Wildman–Crippen LogP) is 3.23. The molecule has 0 aliphatic carbocycles. The summed E-state index contributed by atoms with van der Waals surface area (Å²) in [5.74, 6) is 0. The molecule has 1 heterocycles. The van der Waals surface area contributed by atoms with Gasteiger partial charge in [0.05, 0.1) is 15.7 Å². The zero-order valence-corrected chi connectivity index (χ0v) is 13.6. The Morgan fingerprint density at radius 3 is 2.52 bits per heavy atom. The van der Waals surface area contributed by atoms with Crippen molar-refractivity contribution in [2.75, 3.05) is 11.3 Å². The van der Waals surface area contributed by atoms with E-state index in [0.717, 1.165) is 12.2 Å². The Balaban J connectivity index is 2.24. The molecule has 0 aliphatic rings. The van der Waals surface area contributed by atoms with Crippen molar-refractivity contribution in [3.8, 4) is 0 Å². The van der Waals surface area contributed by atoms with Crippen molar-refractivity contribution in [3.05, 3.63) is 46.2 Å². The minimum absolute atomic E-state index is 0.131. The van der Waals surface area contributed by atoms with Crippen LogP contribution in [0.25, 0.3) is 0 Å². The highest BCUT2D eigenvalue weighted by Gasteiger charge is 2.19. The Kier molecular flexibility index (Phi) is 5.16. The summed E-state index contributed by atoms with van der Waals surface area (Å²) in [6.45, 7) is 3.34. The number of rotatable bonds is 6. The van der Waals surface area contributed by atoms with Gasteiger partial charge in [0.1, 0.15) is 4.90 Å². The van der Waals surface area contributed by atoms with Crippen LogP contribution in [-0.4, -0.2) is 19.9 Å². The Morgan fingerprint density at radius 2 is 1.90 bits per heavy atom. The average Bonchev–Trinajstić information content (AvgIpc) is 2.90. The summed E-state index contributed by atoms with van der Waals surface area (Å²) in [6, 6.07) is 6.35. The summed E-state index contributed by atoms with van der Waals surface area (Å²) in [5.41, 5.74) is 0.956. The molecule has 3 N–H and O–H groups in total. The number of anilines is 1. The zero-order chi connectivity index (χ0) is 15.5. The van der Waals surface area contributed by atoms with E-state index in [0.29, 0.717) is 6.54 Å². The SMILES string of the molecule is CCNCc1cc(S(=O)(=O)Nc2c(Cl)cccc2Cl)c[nH]1. The standard InChI is InChI=1S/C13H15Cl2N3O2S/c1-2-16-7-9-6-10(8-17-9)21(19,20)18-13-11(14)4-3-5-12(13)15/h3-6,8,16-18H,2,7H2,1H3. The number of aromatic nitrogens is 1. The molecule has 0 saturated heterocycles. The van der Waals surface area contributed by atoms with E-state index in [2.05, 4.69) is 15.0 Å². The van der Waals surface area contributed by atoms with Gasteiger partial charge in [0, 0.05) is 18.4 Å². The lowest BCUT2D eigenvalue weighted by Crippen LogP contribution is -2.13. The number of hydrogen-bond acceptors (Lipinski definition) is 3. The van der Waals surface area contributed by atoms with Gasteiger partial charge < -0.3 is 10.3 Å². The first-order valence-corrected chi connectivity index (χ1v) is 8.53. The van der Waals surface area contributed by atoms with Gasteiger partial charge in [-0.05, 0) is 24.7 Å². The normalized spacial score (nSPS) is 11.6. The van der Waals surface area contributed by atoms with Gasteiger partial charge in [-0.2, -0.15) is 0 Å². The van der Waals surface area contributed by atoms with Crippen molar-refractivity contribution in [1.29, 1.82) is 0 Å². The Labute approximate surface area is 133 Å². The molecule has 0 unspecified atom stereocenters. The predicted molar refractivity (Wildman–Crippen MR) is 85.4 cm³/mol. The average molecular weight is 348 g/mol. The molecule has 0 bridgehead atoms. The highest BCUT2D eigenvalue weighted by atomic mass is 35.5. The van der Waals surface area contributed by atoms with Gasteiger partial charge in [-0.25, -0.2) is 8.42 Å². The summed E-state index contributed by atoms with van der Waals surface area (Å²) in [6.07, 6.45) is 1.43. The molecule has 0 radical (unpaired) electrons. The molecule has 0 spiro atoms. The van der Waals surface area contributed by atoms with E-state index >= 15 is 0 Å². The van der Waals surface area contributed by atoms with Crippen LogP contribution in [0.5, 0.6) is 0 Å².